The number of aryl methyl sites for hydroxylation is 1. The molecule has 0 bridgehead atoms. The van der Waals surface area contributed by atoms with Crippen LogP contribution in [0.3, 0.4) is 0 Å². The van der Waals surface area contributed by atoms with Gasteiger partial charge in [-0.25, -0.2) is 4.98 Å². The van der Waals surface area contributed by atoms with Gasteiger partial charge < -0.3 is 14.8 Å². The predicted molar refractivity (Wildman–Crippen MR) is 114 cm³/mol. The lowest BCUT2D eigenvalue weighted by molar-refractivity contribution is -0.135. The van der Waals surface area contributed by atoms with Crippen molar-refractivity contribution in [1.29, 1.82) is 0 Å². The lowest BCUT2D eigenvalue weighted by Gasteiger charge is -2.36. The number of rotatable bonds is 6. The smallest absolute Gasteiger partial charge is 0.254 e. The highest BCUT2D eigenvalue weighted by Gasteiger charge is 2.31. The molecule has 1 fully saturated rings. The quantitative estimate of drug-likeness (QED) is 0.758. The average Bonchev–Trinajstić information content (AvgIpc) is 3.31. The largest absolute Gasteiger partial charge is 0.336 e. The van der Waals surface area contributed by atoms with Gasteiger partial charge in [-0.05, 0) is 38.2 Å². The second kappa shape index (κ2) is 9.45. The normalized spacial score (nSPS) is 18.7. The van der Waals surface area contributed by atoms with Gasteiger partial charge in [-0.1, -0.05) is 6.92 Å². The van der Waals surface area contributed by atoms with Gasteiger partial charge in [0.05, 0.1) is 18.3 Å². The van der Waals surface area contributed by atoms with Crippen LogP contribution in [-0.2, 0) is 29.1 Å². The first-order valence-electron chi connectivity index (χ1n) is 11.2. The number of carbonyl (C=O) groups excluding carboxylic acids is 2. The van der Waals surface area contributed by atoms with Gasteiger partial charge in [0.2, 0.25) is 11.8 Å². The highest BCUT2D eigenvalue weighted by molar-refractivity contribution is 5.77. The summed E-state index contributed by atoms with van der Waals surface area (Å²) in [7, 11) is 0. The molecule has 0 saturated carbocycles. The summed E-state index contributed by atoms with van der Waals surface area (Å²) in [4.78, 5) is 49.4. The molecule has 4 rings (SSSR count). The number of hydrogen-bond donors (Lipinski definition) is 1. The van der Waals surface area contributed by atoms with E-state index in [1.165, 1.54) is 0 Å². The van der Waals surface area contributed by atoms with Crippen molar-refractivity contribution in [2.45, 2.75) is 71.0 Å². The molecule has 4 heterocycles. The maximum Gasteiger partial charge on any atom is 0.254 e. The average molecular weight is 427 g/mol. The van der Waals surface area contributed by atoms with E-state index in [1.807, 2.05) is 24.1 Å². The molecular formula is C22H30N6O3. The van der Waals surface area contributed by atoms with Crippen LogP contribution >= 0.6 is 0 Å². The Labute approximate surface area is 181 Å². The van der Waals surface area contributed by atoms with Crippen LogP contribution in [0.5, 0.6) is 0 Å². The van der Waals surface area contributed by atoms with Crippen LogP contribution in [0.2, 0.25) is 0 Å². The molecule has 2 aliphatic rings. The number of nitrogens with zero attached hydrogens (tertiary/aromatic N) is 5. The lowest BCUT2D eigenvalue weighted by Crippen LogP contribution is -2.42. The molecule has 2 amide bonds. The number of carbonyl (C=O) groups is 2. The van der Waals surface area contributed by atoms with Crippen LogP contribution in [0, 0.1) is 0 Å². The number of H-pyrrole nitrogens is 1. The predicted octanol–water partition coefficient (Wildman–Crippen LogP) is 1.80. The highest BCUT2D eigenvalue weighted by Crippen LogP contribution is 2.30. The maximum absolute atomic E-state index is 13.0. The fraction of sp³-hybridized carbons (Fsp3) is 0.591. The van der Waals surface area contributed by atoms with Gasteiger partial charge in [0, 0.05) is 50.4 Å². The second-order valence-corrected chi connectivity index (χ2v) is 8.31. The minimum absolute atomic E-state index is 0.0420. The number of likely N-dealkylation sites (tertiary alicyclic amines) is 1. The van der Waals surface area contributed by atoms with Crippen molar-refractivity contribution in [3.05, 3.63) is 45.9 Å². The Morgan fingerprint density at radius 1 is 1.19 bits per heavy atom. The first kappa shape index (κ1) is 21.3. The summed E-state index contributed by atoms with van der Waals surface area (Å²) in [6, 6.07) is 1.60. The number of amides is 2. The molecule has 2 aromatic heterocycles. The van der Waals surface area contributed by atoms with Gasteiger partial charge >= 0.3 is 0 Å². The van der Waals surface area contributed by atoms with E-state index in [1.54, 1.807) is 15.8 Å². The van der Waals surface area contributed by atoms with Crippen LogP contribution in [-0.4, -0.2) is 54.5 Å². The van der Waals surface area contributed by atoms with E-state index in [9.17, 15) is 14.4 Å². The summed E-state index contributed by atoms with van der Waals surface area (Å²) < 4.78 is 1.75. The third-order valence-electron chi connectivity index (χ3n) is 6.16. The zero-order valence-corrected chi connectivity index (χ0v) is 18.0. The van der Waals surface area contributed by atoms with E-state index in [4.69, 9.17) is 4.98 Å². The van der Waals surface area contributed by atoms with E-state index < -0.39 is 0 Å². The lowest BCUT2D eigenvalue weighted by atomic mass is 9.99. The van der Waals surface area contributed by atoms with Gasteiger partial charge in [-0.15, -0.1) is 0 Å². The molecule has 9 nitrogen and oxygen atoms in total. The molecule has 1 N–H and O–H groups in total. The Bertz CT molecular complexity index is 984. The molecule has 166 valence electrons. The third kappa shape index (κ3) is 4.70. The van der Waals surface area contributed by atoms with Crippen LogP contribution < -0.4 is 5.56 Å². The van der Waals surface area contributed by atoms with Crippen LogP contribution in [0.25, 0.3) is 0 Å². The molecule has 0 spiro atoms. The zero-order valence-electron chi connectivity index (χ0n) is 18.0. The first-order valence-corrected chi connectivity index (χ1v) is 11.2. The summed E-state index contributed by atoms with van der Waals surface area (Å²) in [6.45, 7) is 4.09. The minimum Gasteiger partial charge on any atom is -0.336 e. The molecule has 2 aromatic rings. The number of fused-ring (bicyclic) bond motifs is 1. The number of piperidine rings is 1. The van der Waals surface area contributed by atoms with Gasteiger partial charge in [0.25, 0.3) is 5.56 Å². The topological polar surface area (TPSA) is 104 Å². The van der Waals surface area contributed by atoms with Gasteiger partial charge in [-0.2, -0.15) is 5.10 Å². The van der Waals surface area contributed by atoms with Crippen LogP contribution in [0.1, 0.15) is 68.6 Å². The van der Waals surface area contributed by atoms with Gasteiger partial charge in [0.15, 0.2) is 0 Å². The number of hydrogen-bond acceptors (Lipinski definition) is 5. The molecule has 31 heavy (non-hydrogen) atoms. The molecule has 0 radical (unpaired) electrons. The van der Waals surface area contributed by atoms with Crippen molar-refractivity contribution < 1.29 is 9.59 Å². The van der Waals surface area contributed by atoms with Crippen molar-refractivity contribution in [3.8, 4) is 0 Å². The second-order valence-electron chi connectivity index (χ2n) is 8.31. The summed E-state index contributed by atoms with van der Waals surface area (Å²) >= 11 is 0. The summed E-state index contributed by atoms with van der Waals surface area (Å²) in [5, 5.41) is 4.16. The molecule has 0 aliphatic carbocycles. The van der Waals surface area contributed by atoms with Crippen molar-refractivity contribution >= 4 is 11.8 Å². The monoisotopic (exact) mass is 426 g/mol. The zero-order chi connectivity index (χ0) is 21.8. The molecule has 2 aliphatic heterocycles. The summed E-state index contributed by atoms with van der Waals surface area (Å²) in [6.07, 6.45) is 8.42. The number of aromatic amines is 1. The Morgan fingerprint density at radius 2 is 2.06 bits per heavy atom. The summed E-state index contributed by atoms with van der Waals surface area (Å²) in [5.74, 6) is 0.686. The van der Waals surface area contributed by atoms with Crippen molar-refractivity contribution in [2.24, 2.45) is 0 Å². The van der Waals surface area contributed by atoms with Gasteiger partial charge in [-0.3, -0.25) is 19.1 Å². The Morgan fingerprint density at radius 3 is 2.84 bits per heavy atom. The molecule has 1 saturated heterocycles. The fourth-order valence-corrected chi connectivity index (χ4v) is 4.50. The Balaban J connectivity index is 1.53. The van der Waals surface area contributed by atoms with Crippen LogP contribution in [0.4, 0.5) is 0 Å². The summed E-state index contributed by atoms with van der Waals surface area (Å²) in [5.41, 5.74) is 1.19. The van der Waals surface area contributed by atoms with Crippen molar-refractivity contribution in [3.63, 3.8) is 0 Å². The standard InChI is InChI=1S/C22H30N6O3/c1-2-6-19(29)26-13-8-16-17(15-26)24-21(25-22(16)31)18-7-3-4-12-28(18)20(30)9-14-27-11-5-10-23-27/h5,10-11,18H,2-4,6-9,12-15H2,1H3,(H,24,25,31)/t18-/m1/s1. The number of aromatic nitrogens is 4. The molecule has 0 unspecified atom stereocenters. The Hall–Kier alpha value is -2.97. The van der Waals surface area contributed by atoms with E-state index in [2.05, 4.69) is 10.1 Å². The molecule has 9 heteroatoms. The number of nitrogens with one attached hydrogen (secondary N) is 1. The molecule has 0 aromatic carbocycles. The van der Waals surface area contributed by atoms with Crippen molar-refractivity contribution in [1.82, 2.24) is 29.5 Å². The first-order chi connectivity index (χ1) is 15.1. The minimum atomic E-state index is -0.237. The van der Waals surface area contributed by atoms with E-state index >= 15 is 0 Å². The maximum atomic E-state index is 13.0. The fourth-order valence-electron chi connectivity index (χ4n) is 4.50. The molecule has 1 atom stereocenters. The van der Waals surface area contributed by atoms with E-state index in [-0.39, 0.29) is 23.4 Å². The van der Waals surface area contributed by atoms with E-state index in [0.717, 1.165) is 25.7 Å². The van der Waals surface area contributed by atoms with E-state index in [0.29, 0.717) is 62.5 Å². The highest BCUT2D eigenvalue weighted by atomic mass is 16.2. The molecular weight excluding hydrogens is 396 g/mol. The van der Waals surface area contributed by atoms with Crippen molar-refractivity contribution in [2.75, 3.05) is 13.1 Å². The Kier molecular flexibility index (Phi) is 6.48. The third-order valence-corrected chi connectivity index (χ3v) is 6.16. The van der Waals surface area contributed by atoms with Crippen LogP contribution in [0.15, 0.2) is 23.3 Å². The SMILES string of the molecule is CCCC(=O)N1CCc2c(nc([C@H]3CCCCN3C(=O)CCn3cccn3)[nH]c2=O)C1. The van der Waals surface area contributed by atoms with Gasteiger partial charge in [0.1, 0.15) is 5.82 Å².